The predicted octanol–water partition coefficient (Wildman–Crippen LogP) is -5.60. The molecule has 0 aromatic carbocycles. The van der Waals surface area contributed by atoms with Crippen molar-refractivity contribution in [3.63, 3.8) is 0 Å². The minimum absolute atomic E-state index is 0. The van der Waals surface area contributed by atoms with Crippen LogP contribution in [0.5, 0.6) is 0 Å². The van der Waals surface area contributed by atoms with Gasteiger partial charge in [0.15, 0.2) is 0 Å². The van der Waals surface area contributed by atoms with Crippen molar-refractivity contribution in [2.24, 2.45) is 0 Å². The zero-order valence-electron chi connectivity index (χ0n) is 3.41. The Morgan fingerprint density at radius 2 is 0.375 bits per heavy atom. The summed E-state index contributed by atoms with van der Waals surface area (Å²) in [4.78, 5) is 0. The van der Waals surface area contributed by atoms with Crippen LogP contribution in [-0.2, 0) is 21.1 Å². The summed E-state index contributed by atoms with van der Waals surface area (Å²) in [7, 11) is 0. The van der Waals surface area contributed by atoms with Gasteiger partial charge < -0.3 is 32.9 Å². The summed E-state index contributed by atoms with van der Waals surface area (Å²) < 4.78 is 0. The van der Waals surface area contributed by atoms with E-state index in [9.17, 15) is 0 Å². The fourth-order valence-corrected chi connectivity index (χ4v) is 0. The molecule has 0 unspecified atom stereocenters. The van der Waals surface area contributed by atoms with Crippen LogP contribution in [0, 0.1) is 0 Å². The SMILES string of the molecule is O.O.O.O.O.O.[Mo].[NaH]. The van der Waals surface area contributed by atoms with Crippen LogP contribution in [-0.4, -0.2) is 62.4 Å². The third-order valence-electron chi connectivity index (χ3n) is 0. The van der Waals surface area contributed by atoms with Gasteiger partial charge in [-0.15, -0.1) is 0 Å². The van der Waals surface area contributed by atoms with Crippen LogP contribution < -0.4 is 0 Å². The molecule has 0 saturated carbocycles. The molecule has 12 N–H and O–H groups in total. The second kappa shape index (κ2) is 223. The second-order valence-corrected chi connectivity index (χ2v) is 0. The third kappa shape index (κ3) is 148. The molecule has 0 aliphatic rings. The maximum atomic E-state index is 0. The minimum atomic E-state index is 0. The van der Waals surface area contributed by atoms with Gasteiger partial charge in [-0.3, -0.25) is 0 Å². The first-order valence-corrected chi connectivity index (χ1v) is 0. The Kier molecular flexibility index (Phi) is 8980. The van der Waals surface area contributed by atoms with Crippen molar-refractivity contribution in [3.8, 4) is 0 Å². The topological polar surface area (TPSA) is 189 Å². The normalized spacial score (nSPS) is 0. The van der Waals surface area contributed by atoms with Gasteiger partial charge in [0.2, 0.25) is 0 Å². The average Bonchev–Trinajstić information content (AvgIpc) is 0. The summed E-state index contributed by atoms with van der Waals surface area (Å²) in [5.74, 6) is 0. The van der Waals surface area contributed by atoms with Crippen LogP contribution in [0.2, 0.25) is 0 Å². The van der Waals surface area contributed by atoms with Crippen molar-refractivity contribution < 1.29 is 53.9 Å². The van der Waals surface area contributed by atoms with Crippen LogP contribution in [0.25, 0.3) is 0 Å². The van der Waals surface area contributed by atoms with Crippen molar-refractivity contribution in [1.29, 1.82) is 0 Å². The van der Waals surface area contributed by atoms with Crippen LogP contribution in [0.3, 0.4) is 0 Å². The van der Waals surface area contributed by atoms with E-state index in [1.54, 1.807) is 0 Å². The molecule has 6 nitrogen and oxygen atoms in total. The molecule has 0 radical (unpaired) electrons. The summed E-state index contributed by atoms with van der Waals surface area (Å²) in [6.45, 7) is 0. The van der Waals surface area contributed by atoms with Crippen LogP contribution in [0.15, 0.2) is 0 Å². The third-order valence-corrected chi connectivity index (χ3v) is 0. The Labute approximate surface area is 83.1 Å². The van der Waals surface area contributed by atoms with E-state index in [1.165, 1.54) is 0 Å². The molecule has 0 aromatic heterocycles. The van der Waals surface area contributed by atoms with E-state index in [2.05, 4.69) is 0 Å². The Balaban J connectivity index is 0. The first-order valence-electron chi connectivity index (χ1n) is 0. The van der Waals surface area contributed by atoms with Crippen LogP contribution in [0.4, 0.5) is 0 Å². The molecule has 0 aliphatic carbocycles. The van der Waals surface area contributed by atoms with Gasteiger partial charge in [0.05, 0.1) is 0 Å². The molecule has 0 saturated heterocycles. The molecule has 0 aliphatic heterocycles. The monoisotopic (exact) mass is 230 g/mol. The van der Waals surface area contributed by atoms with Gasteiger partial charge in [0.25, 0.3) is 0 Å². The molecule has 0 bridgehead atoms. The summed E-state index contributed by atoms with van der Waals surface area (Å²) >= 11 is 0. The van der Waals surface area contributed by atoms with Crippen molar-refractivity contribution in [1.82, 2.24) is 0 Å². The average molecular weight is 228 g/mol. The second-order valence-electron chi connectivity index (χ2n) is 0. The molecule has 0 heterocycles. The zero-order valence-corrected chi connectivity index (χ0v) is 5.42. The number of hydrogen-bond acceptors (Lipinski definition) is 0. The van der Waals surface area contributed by atoms with Gasteiger partial charge in [0.1, 0.15) is 0 Å². The molecule has 0 amide bonds. The standard InChI is InChI=1S/Mo.Na.6H2O.H/h;;6*1H2;. The Bertz CT molecular complexity index is 8.49. The molecule has 8 heteroatoms. The molecule has 0 aromatic rings. The van der Waals surface area contributed by atoms with Crippen molar-refractivity contribution >= 4 is 29.6 Å². The molecule has 8 heavy (non-hydrogen) atoms. The van der Waals surface area contributed by atoms with E-state index < -0.39 is 0 Å². The number of hydrogen-bond donors (Lipinski definition) is 0. The predicted molar refractivity (Wildman–Crippen MR) is 28.8 cm³/mol. The van der Waals surface area contributed by atoms with Crippen LogP contribution >= 0.6 is 0 Å². The zero-order chi connectivity index (χ0) is 0. The van der Waals surface area contributed by atoms with Crippen molar-refractivity contribution in [2.45, 2.75) is 0 Å². The van der Waals surface area contributed by atoms with Gasteiger partial charge in [-0.1, -0.05) is 0 Å². The Hall–Kier alpha value is 1.45. The molecule has 0 fully saturated rings. The molecule has 56 valence electrons. The van der Waals surface area contributed by atoms with Gasteiger partial charge in [-0.05, 0) is 0 Å². The Morgan fingerprint density at radius 1 is 0.375 bits per heavy atom. The van der Waals surface area contributed by atoms with E-state index >= 15 is 0 Å². The fraction of sp³-hybridized carbons (Fsp3) is 0. The molecule has 0 spiro atoms. The summed E-state index contributed by atoms with van der Waals surface area (Å²) in [6, 6.07) is 0. The van der Waals surface area contributed by atoms with E-state index in [0.29, 0.717) is 0 Å². The van der Waals surface area contributed by atoms with Crippen molar-refractivity contribution in [2.75, 3.05) is 0 Å². The summed E-state index contributed by atoms with van der Waals surface area (Å²) in [6.07, 6.45) is 0. The molecular formula is H13MoNaO6. The van der Waals surface area contributed by atoms with Gasteiger partial charge in [-0.2, -0.15) is 0 Å². The molecule has 0 rings (SSSR count). The molecular weight excluding hydrogens is 215 g/mol. The summed E-state index contributed by atoms with van der Waals surface area (Å²) in [5.41, 5.74) is 0. The quantitative estimate of drug-likeness (QED) is 0.357. The number of rotatable bonds is 0. The van der Waals surface area contributed by atoms with Crippen molar-refractivity contribution in [3.05, 3.63) is 0 Å². The molecule has 0 atom stereocenters. The van der Waals surface area contributed by atoms with E-state index in [1.807, 2.05) is 0 Å². The van der Waals surface area contributed by atoms with E-state index in [0.717, 1.165) is 0 Å². The van der Waals surface area contributed by atoms with Gasteiger partial charge >= 0.3 is 29.6 Å². The van der Waals surface area contributed by atoms with Crippen LogP contribution in [0.1, 0.15) is 0 Å². The van der Waals surface area contributed by atoms with E-state index in [4.69, 9.17) is 0 Å². The fourth-order valence-electron chi connectivity index (χ4n) is 0. The first kappa shape index (κ1) is 321. The first-order chi connectivity index (χ1) is 0. The summed E-state index contributed by atoms with van der Waals surface area (Å²) in [5, 5.41) is 0. The Morgan fingerprint density at radius 3 is 0.375 bits per heavy atom. The van der Waals surface area contributed by atoms with Gasteiger partial charge in [-0.25, -0.2) is 0 Å². The maximum absolute atomic E-state index is 0. The van der Waals surface area contributed by atoms with E-state index in [-0.39, 0.29) is 83.5 Å². The van der Waals surface area contributed by atoms with Gasteiger partial charge in [0, 0.05) is 21.1 Å².